The van der Waals surface area contributed by atoms with E-state index in [2.05, 4.69) is 4.84 Å². The van der Waals surface area contributed by atoms with Crippen LogP contribution in [0.2, 0.25) is 0 Å². The van der Waals surface area contributed by atoms with Crippen LogP contribution in [0.5, 0.6) is 0 Å². The quantitative estimate of drug-likeness (QED) is 0.702. The predicted molar refractivity (Wildman–Crippen MR) is 61.7 cm³/mol. The van der Waals surface area contributed by atoms with Gasteiger partial charge in [-0.3, -0.25) is 14.4 Å². The summed E-state index contributed by atoms with van der Waals surface area (Å²) in [6.07, 6.45) is 0.123. The van der Waals surface area contributed by atoms with Gasteiger partial charge < -0.3 is 4.84 Å². The van der Waals surface area contributed by atoms with Crippen LogP contribution in [0, 0.1) is 0 Å². The molecule has 0 unspecified atom stereocenters. The summed E-state index contributed by atoms with van der Waals surface area (Å²) >= 11 is 0.762. The highest BCUT2D eigenvalue weighted by Crippen LogP contribution is 2.13. The van der Waals surface area contributed by atoms with E-state index in [0.717, 1.165) is 11.8 Å². The van der Waals surface area contributed by atoms with E-state index in [1.165, 1.54) is 6.92 Å². The van der Waals surface area contributed by atoms with Gasteiger partial charge >= 0.3 is 5.97 Å². The third-order valence-electron chi connectivity index (χ3n) is 1.59. The maximum Gasteiger partial charge on any atom is 0.343 e. The third kappa shape index (κ3) is 5.48. The number of rotatable bonds is 3. The molecule has 0 aromatic carbocycles. The van der Waals surface area contributed by atoms with Gasteiger partial charge in [0.05, 0.1) is 0 Å². The van der Waals surface area contributed by atoms with Gasteiger partial charge in [-0.25, -0.2) is 4.79 Å². The first-order valence-corrected chi connectivity index (χ1v) is 6.19. The Balaban J connectivity index is 0.00000121. The molecule has 0 aromatic rings. The number of carbonyl (C=O) groups excluding carboxylic acids is 4. The van der Waals surface area contributed by atoms with Crippen LogP contribution in [0.25, 0.3) is 0 Å². The molecule has 1 saturated heterocycles. The van der Waals surface area contributed by atoms with Crippen molar-refractivity contribution < 1.29 is 24.0 Å². The maximum absolute atomic E-state index is 11.1. The van der Waals surface area contributed by atoms with Crippen LogP contribution in [-0.2, 0) is 24.0 Å². The Bertz CT molecular complexity index is 313. The van der Waals surface area contributed by atoms with Gasteiger partial charge in [0.25, 0.3) is 11.8 Å². The summed E-state index contributed by atoms with van der Waals surface area (Å²) in [5.41, 5.74) is 0. The van der Waals surface area contributed by atoms with Crippen LogP contribution in [0.4, 0.5) is 0 Å². The molecule has 0 atom stereocenters. The first-order valence-electron chi connectivity index (χ1n) is 5.20. The molecule has 0 aliphatic carbocycles. The van der Waals surface area contributed by atoms with E-state index in [0.29, 0.717) is 5.06 Å². The first kappa shape index (κ1) is 15.6. The number of hydrogen-bond acceptors (Lipinski definition) is 6. The fourth-order valence-corrected chi connectivity index (χ4v) is 1.32. The van der Waals surface area contributed by atoms with Crippen molar-refractivity contribution in [1.29, 1.82) is 0 Å². The summed E-state index contributed by atoms with van der Waals surface area (Å²) in [7, 11) is 0. The highest BCUT2D eigenvalue weighted by molar-refractivity contribution is 8.14. The molecule has 1 aliphatic rings. The van der Waals surface area contributed by atoms with Gasteiger partial charge in [-0.2, -0.15) is 0 Å². The standard InChI is InChI=1S/C8H9NO5S.C2H6/c1-5(10)15-4-8(13)14-9-6(11)2-3-7(9)12;1-2/h2-4H2,1H3;1-2H3. The van der Waals surface area contributed by atoms with E-state index in [1.54, 1.807) is 0 Å². The summed E-state index contributed by atoms with van der Waals surface area (Å²) in [5.74, 6) is -2.03. The molecule has 96 valence electrons. The van der Waals surface area contributed by atoms with Crippen LogP contribution in [-0.4, -0.2) is 33.7 Å². The second-order valence-electron chi connectivity index (χ2n) is 2.83. The minimum atomic E-state index is -0.779. The van der Waals surface area contributed by atoms with Crippen molar-refractivity contribution >= 4 is 34.7 Å². The van der Waals surface area contributed by atoms with Gasteiger partial charge in [0.1, 0.15) is 5.75 Å². The highest BCUT2D eigenvalue weighted by atomic mass is 32.2. The normalized spacial score (nSPS) is 14.2. The van der Waals surface area contributed by atoms with Crippen molar-refractivity contribution in [3.05, 3.63) is 0 Å². The third-order valence-corrected chi connectivity index (χ3v) is 2.38. The molecule has 0 N–H and O–H groups in total. The number of imide groups is 1. The Morgan fingerprint density at radius 3 is 2.12 bits per heavy atom. The molecule has 0 aromatic heterocycles. The summed E-state index contributed by atoms with van der Waals surface area (Å²) < 4.78 is 0. The lowest BCUT2D eigenvalue weighted by atomic mass is 10.4. The monoisotopic (exact) mass is 261 g/mol. The van der Waals surface area contributed by atoms with E-state index in [4.69, 9.17) is 0 Å². The van der Waals surface area contributed by atoms with E-state index >= 15 is 0 Å². The summed E-state index contributed by atoms with van der Waals surface area (Å²) in [5, 5.41) is 0.231. The molecule has 7 heteroatoms. The Morgan fingerprint density at radius 2 is 1.71 bits per heavy atom. The zero-order chi connectivity index (χ0) is 13.4. The molecule has 1 aliphatic heterocycles. The lowest BCUT2D eigenvalue weighted by molar-refractivity contribution is -0.195. The van der Waals surface area contributed by atoms with Crippen LogP contribution in [0.3, 0.4) is 0 Å². The van der Waals surface area contributed by atoms with Crippen LogP contribution in [0.1, 0.15) is 33.6 Å². The van der Waals surface area contributed by atoms with E-state index in [9.17, 15) is 19.2 Å². The molecule has 0 spiro atoms. The van der Waals surface area contributed by atoms with Crippen molar-refractivity contribution in [2.24, 2.45) is 0 Å². The van der Waals surface area contributed by atoms with Gasteiger partial charge in [-0.1, -0.05) is 25.6 Å². The van der Waals surface area contributed by atoms with Crippen LogP contribution < -0.4 is 0 Å². The summed E-state index contributed by atoms with van der Waals surface area (Å²) in [6, 6.07) is 0. The number of nitrogens with zero attached hydrogens (tertiary/aromatic N) is 1. The van der Waals surface area contributed by atoms with E-state index in [1.807, 2.05) is 13.8 Å². The van der Waals surface area contributed by atoms with Crippen molar-refractivity contribution in [2.45, 2.75) is 33.6 Å². The van der Waals surface area contributed by atoms with Gasteiger partial charge in [0, 0.05) is 19.8 Å². The van der Waals surface area contributed by atoms with Crippen molar-refractivity contribution in [1.82, 2.24) is 5.06 Å². The van der Waals surface area contributed by atoms with Gasteiger partial charge in [-0.15, -0.1) is 5.06 Å². The number of thioether (sulfide) groups is 1. The molecular weight excluding hydrogens is 246 g/mol. The fraction of sp³-hybridized carbons (Fsp3) is 0.600. The average Bonchev–Trinajstić information content (AvgIpc) is 2.61. The topological polar surface area (TPSA) is 80.8 Å². The van der Waals surface area contributed by atoms with Crippen LogP contribution in [0.15, 0.2) is 0 Å². The fourth-order valence-electron chi connectivity index (χ4n) is 0.947. The largest absolute Gasteiger partial charge is 0.343 e. The van der Waals surface area contributed by atoms with Gasteiger partial charge in [0.15, 0.2) is 5.12 Å². The molecule has 0 bridgehead atoms. The molecule has 1 heterocycles. The van der Waals surface area contributed by atoms with Crippen molar-refractivity contribution in [3.8, 4) is 0 Å². The molecule has 1 rings (SSSR count). The molecule has 17 heavy (non-hydrogen) atoms. The van der Waals surface area contributed by atoms with Gasteiger partial charge in [0.2, 0.25) is 0 Å². The van der Waals surface area contributed by atoms with Crippen molar-refractivity contribution in [3.63, 3.8) is 0 Å². The molecule has 6 nitrogen and oxygen atoms in total. The number of hydroxylamine groups is 2. The first-order chi connectivity index (χ1) is 8.00. The second-order valence-corrected chi connectivity index (χ2v) is 3.98. The smallest absolute Gasteiger partial charge is 0.329 e. The molecule has 1 fully saturated rings. The molecule has 0 radical (unpaired) electrons. The lowest BCUT2D eigenvalue weighted by Crippen LogP contribution is -2.32. The zero-order valence-electron chi connectivity index (χ0n) is 10.0. The Labute approximate surface area is 104 Å². The maximum atomic E-state index is 11.1. The number of amides is 2. The molecule has 2 amide bonds. The summed E-state index contributed by atoms with van der Waals surface area (Å²) in [4.78, 5) is 48.1. The summed E-state index contributed by atoms with van der Waals surface area (Å²) in [6.45, 7) is 5.31. The Kier molecular flexibility index (Phi) is 7.20. The Morgan fingerprint density at radius 1 is 1.24 bits per heavy atom. The average molecular weight is 261 g/mol. The predicted octanol–water partition coefficient (Wildman–Crippen LogP) is 0.899. The zero-order valence-corrected chi connectivity index (χ0v) is 10.8. The molecule has 0 saturated carbocycles. The SMILES string of the molecule is CC.CC(=O)SCC(=O)ON1C(=O)CCC1=O. The highest BCUT2D eigenvalue weighted by Gasteiger charge is 2.32. The van der Waals surface area contributed by atoms with Gasteiger partial charge in [-0.05, 0) is 0 Å². The second kappa shape index (κ2) is 7.83. The minimum absolute atomic E-state index is 0.0615. The van der Waals surface area contributed by atoms with E-state index in [-0.39, 0.29) is 23.7 Å². The molecular formula is C10H15NO5S. The number of hydrogen-bond donors (Lipinski definition) is 0. The van der Waals surface area contributed by atoms with E-state index < -0.39 is 17.8 Å². The number of carbonyl (C=O) groups is 4. The lowest BCUT2D eigenvalue weighted by Gasteiger charge is -2.11. The minimum Gasteiger partial charge on any atom is -0.329 e. The van der Waals surface area contributed by atoms with Crippen molar-refractivity contribution in [2.75, 3.05) is 5.75 Å². The Hall–Kier alpha value is -1.37. The van der Waals surface area contributed by atoms with Crippen LogP contribution >= 0.6 is 11.8 Å².